The van der Waals surface area contributed by atoms with E-state index in [-0.39, 0.29) is 39.2 Å². The molecule has 1 heterocycles. The molecule has 1 aliphatic rings. The van der Waals surface area contributed by atoms with E-state index in [1.165, 1.54) is 38.9 Å². The summed E-state index contributed by atoms with van der Waals surface area (Å²) >= 11 is 0. The fourth-order valence-corrected chi connectivity index (χ4v) is 6.55. The van der Waals surface area contributed by atoms with E-state index in [1.54, 1.807) is 58.0 Å². The molecule has 1 aromatic rings. The van der Waals surface area contributed by atoms with Crippen LogP contribution in [0.5, 0.6) is 5.75 Å². The maximum atomic E-state index is 14.2. The number of nitrogens with one attached hydrogen (secondary N) is 2. The van der Waals surface area contributed by atoms with Crippen molar-refractivity contribution in [3.63, 3.8) is 0 Å². The first-order chi connectivity index (χ1) is 26.8. The Morgan fingerprint density at radius 2 is 1.61 bits per heavy atom. The zero-order valence-electron chi connectivity index (χ0n) is 34.9. The molecule has 0 aromatic heterocycles. The summed E-state index contributed by atoms with van der Waals surface area (Å²) in [5.74, 6) is 2.11. The molecule has 0 radical (unpaired) electrons. The van der Waals surface area contributed by atoms with Gasteiger partial charge < -0.3 is 44.5 Å². The summed E-state index contributed by atoms with van der Waals surface area (Å²) in [6.07, 6.45) is 15.3. The van der Waals surface area contributed by atoms with Crippen LogP contribution in [0, 0.1) is 17.8 Å². The molecular weight excluding hydrogens is 716 g/mol. The van der Waals surface area contributed by atoms with Gasteiger partial charge in [-0.3, -0.25) is 9.59 Å². The Labute approximate surface area is 335 Å². The van der Waals surface area contributed by atoms with Crippen LogP contribution in [0.4, 0.5) is 0 Å². The normalized spacial score (nSPS) is 16.0. The molecule has 56 heavy (non-hydrogen) atoms. The number of benzene rings is 1. The van der Waals surface area contributed by atoms with Crippen LogP contribution in [0.2, 0.25) is 0 Å². The lowest BCUT2D eigenvalue weighted by atomic mass is 9.82. The third kappa shape index (κ3) is 18.2. The molecule has 3 atom stereocenters. The maximum Gasteiger partial charge on any atom is 0.339 e. The number of aliphatic hydroxyl groups is 2. The van der Waals surface area contributed by atoms with Crippen molar-refractivity contribution in [1.82, 2.24) is 10.6 Å². The average molecular weight is 787 g/mol. The summed E-state index contributed by atoms with van der Waals surface area (Å²) in [6.45, 7) is 10.2. The van der Waals surface area contributed by atoms with Crippen molar-refractivity contribution in [2.24, 2.45) is 5.92 Å². The summed E-state index contributed by atoms with van der Waals surface area (Å²) in [6, 6.07) is 5.96. The van der Waals surface area contributed by atoms with Crippen molar-refractivity contribution in [1.29, 1.82) is 0 Å². The second-order valence-corrected chi connectivity index (χ2v) is 15.4. The second-order valence-electron chi connectivity index (χ2n) is 15.4. The van der Waals surface area contributed by atoms with Crippen molar-refractivity contribution in [2.45, 2.75) is 148 Å². The lowest BCUT2D eigenvalue weighted by Crippen LogP contribution is -2.57. The summed E-state index contributed by atoms with van der Waals surface area (Å²) in [4.78, 5) is 41.3. The molecule has 1 fully saturated rings. The predicted octanol–water partition coefficient (Wildman–Crippen LogP) is 5.95. The Balaban J connectivity index is 2.21. The number of amides is 2. The highest BCUT2D eigenvalue weighted by atomic mass is 16.7. The quantitative estimate of drug-likeness (QED) is 0.0346. The molecule has 1 saturated heterocycles. The fourth-order valence-electron chi connectivity index (χ4n) is 6.55. The number of hydrogen-bond donors (Lipinski definition) is 4. The lowest BCUT2D eigenvalue weighted by Gasteiger charge is -2.35. The van der Waals surface area contributed by atoms with Gasteiger partial charge in [-0.25, -0.2) is 4.79 Å². The van der Waals surface area contributed by atoms with E-state index in [9.17, 15) is 24.6 Å². The molecular formula is C44H70N2O10. The van der Waals surface area contributed by atoms with Gasteiger partial charge in [-0.15, -0.1) is 5.92 Å². The molecule has 0 aliphatic carbocycles. The summed E-state index contributed by atoms with van der Waals surface area (Å²) in [7, 11) is 1.44. The number of allylic oxidation sites excluding steroid dienone is 1. The van der Waals surface area contributed by atoms with Gasteiger partial charge in [0.15, 0.2) is 11.4 Å². The van der Waals surface area contributed by atoms with E-state index in [2.05, 4.69) is 29.4 Å². The highest BCUT2D eigenvalue weighted by Crippen LogP contribution is 2.32. The van der Waals surface area contributed by atoms with Gasteiger partial charge in [0.2, 0.25) is 11.8 Å². The van der Waals surface area contributed by atoms with Crippen LogP contribution in [0.1, 0.15) is 124 Å². The van der Waals surface area contributed by atoms with E-state index in [4.69, 9.17) is 23.7 Å². The Bertz CT molecular complexity index is 1370. The molecule has 2 rings (SSSR count). The van der Waals surface area contributed by atoms with Gasteiger partial charge in [0.25, 0.3) is 0 Å². The van der Waals surface area contributed by atoms with Crippen LogP contribution in [-0.4, -0.2) is 97.7 Å². The van der Waals surface area contributed by atoms with E-state index in [0.29, 0.717) is 25.4 Å². The Hall–Kier alpha value is -3.47. The first-order valence-corrected chi connectivity index (χ1v) is 20.5. The number of esters is 1. The molecule has 0 spiro atoms. The zero-order chi connectivity index (χ0) is 41.3. The average Bonchev–Trinajstić information content (AvgIpc) is 3.63. The number of aliphatic hydroxyl groups excluding tert-OH is 1. The highest BCUT2D eigenvalue weighted by Gasteiger charge is 2.49. The molecule has 0 saturated carbocycles. The van der Waals surface area contributed by atoms with E-state index >= 15 is 0 Å². The number of hydrogen-bond acceptors (Lipinski definition) is 10. The lowest BCUT2D eigenvalue weighted by molar-refractivity contribution is -0.185. The molecule has 0 bridgehead atoms. The van der Waals surface area contributed by atoms with Crippen molar-refractivity contribution in [2.75, 3.05) is 46.7 Å². The number of carbonyl (C=O) groups is 3. The van der Waals surface area contributed by atoms with Gasteiger partial charge in [0.05, 0.1) is 25.7 Å². The highest BCUT2D eigenvalue weighted by molar-refractivity contribution is 5.94. The summed E-state index contributed by atoms with van der Waals surface area (Å²) in [5, 5.41) is 26.9. The molecule has 316 valence electrons. The first kappa shape index (κ1) is 48.7. The van der Waals surface area contributed by atoms with E-state index < -0.39 is 46.7 Å². The molecule has 4 N–H and O–H groups in total. The molecule has 12 heteroatoms. The van der Waals surface area contributed by atoms with Crippen LogP contribution in [-0.2, 0) is 39.8 Å². The SMILES string of the molecule is CC#CCOc1ccc(C[C@H](NC(=O)[C@@H](/C=C/CCCCCCC2(CCCCCCC)OCCO2)[C@@](O)(CCOC)C(=O)OC(C)(C)C)C(=O)NCCO)cc1. The van der Waals surface area contributed by atoms with Crippen LogP contribution < -0.4 is 15.4 Å². The number of unbranched alkanes of at least 4 members (excludes halogenated alkanes) is 8. The number of ether oxygens (including phenoxy) is 5. The summed E-state index contributed by atoms with van der Waals surface area (Å²) in [5.41, 5.74) is -2.53. The molecule has 1 aromatic carbocycles. The van der Waals surface area contributed by atoms with Crippen LogP contribution >= 0.6 is 0 Å². The third-order valence-corrected chi connectivity index (χ3v) is 9.61. The molecule has 12 nitrogen and oxygen atoms in total. The Morgan fingerprint density at radius 1 is 0.964 bits per heavy atom. The molecule has 1 aliphatic heterocycles. The summed E-state index contributed by atoms with van der Waals surface area (Å²) < 4.78 is 28.6. The Kier molecular flexibility index (Phi) is 23.0. The monoisotopic (exact) mass is 787 g/mol. The largest absolute Gasteiger partial charge is 0.481 e. The fraction of sp³-hybridized carbons (Fsp3) is 0.705. The standard InChI is InChI=1S/C44H70N2O10/c1-7-9-11-15-18-25-43(54-32-33-55-43)26-19-16-13-12-14-17-20-37(44(51,27-31-52-6)41(50)56-42(3,4)5)39(48)46-38(40(49)45-28-29-47)34-35-21-23-36(24-22-35)53-30-10-8-2/h17,20-24,37-38,47,51H,7,9,11-16,18-19,25-34H2,1-6H3,(H,45,49)(H,46,48)/b20-17+/t37-,38+,44+/m1/s1. The van der Waals surface area contributed by atoms with Gasteiger partial charge in [-0.2, -0.15) is 0 Å². The van der Waals surface area contributed by atoms with Gasteiger partial charge in [0, 0.05) is 45.9 Å². The van der Waals surface area contributed by atoms with Crippen LogP contribution in [0.3, 0.4) is 0 Å². The van der Waals surface area contributed by atoms with Crippen molar-refractivity contribution in [3.8, 4) is 17.6 Å². The first-order valence-electron chi connectivity index (χ1n) is 20.5. The number of rotatable bonds is 28. The molecule has 2 amide bonds. The second kappa shape index (κ2) is 26.4. The van der Waals surface area contributed by atoms with Gasteiger partial charge in [-0.05, 0) is 71.1 Å². The topological polar surface area (TPSA) is 162 Å². The number of methoxy groups -OCH3 is 1. The number of carbonyl (C=O) groups excluding carboxylic acids is 3. The van der Waals surface area contributed by atoms with E-state index in [0.717, 1.165) is 50.5 Å². The van der Waals surface area contributed by atoms with Crippen molar-refractivity contribution < 1.29 is 48.3 Å². The van der Waals surface area contributed by atoms with Crippen LogP contribution in [0.15, 0.2) is 36.4 Å². The Morgan fingerprint density at radius 3 is 2.20 bits per heavy atom. The van der Waals surface area contributed by atoms with Crippen molar-refractivity contribution in [3.05, 3.63) is 42.0 Å². The zero-order valence-corrected chi connectivity index (χ0v) is 34.9. The third-order valence-electron chi connectivity index (χ3n) is 9.61. The van der Waals surface area contributed by atoms with Gasteiger partial charge >= 0.3 is 5.97 Å². The maximum absolute atomic E-state index is 14.2. The molecule has 0 unspecified atom stereocenters. The predicted molar refractivity (Wildman–Crippen MR) is 217 cm³/mol. The van der Waals surface area contributed by atoms with Crippen LogP contribution in [0.25, 0.3) is 0 Å². The minimum atomic E-state index is -2.30. The van der Waals surface area contributed by atoms with Gasteiger partial charge in [0.1, 0.15) is 24.0 Å². The smallest absolute Gasteiger partial charge is 0.339 e. The minimum Gasteiger partial charge on any atom is -0.481 e. The minimum absolute atomic E-state index is 0.0183. The van der Waals surface area contributed by atoms with E-state index in [1.807, 2.05) is 0 Å². The van der Waals surface area contributed by atoms with Gasteiger partial charge in [-0.1, -0.05) is 75.7 Å². The van der Waals surface area contributed by atoms with Crippen molar-refractivity contribution >= 4 is 17.8 Å².